The van der Waals surface area contributed by atoms with E-state index < -0.39 is 37.3 Å². The standard InChI is InChI=1S/C13H18N3O5S.ClH.Co/c17-6-8-9(18)10(19)11(20)12(21-8)15-16-13(22)14-7-4-2-1-3-5-7;;/h1-5,8-12,15,17-19H,6H2,(H2,14,16,22);1H;/q-1;;+2/p-1/t8-,9-,10+,11-,12?;;/m1../s1. The molecule has 0 saturated carbocycles. The molecule has 0 radical (unpaired) electrons. The summed E-state index contributed by atoms with van der Waals surface area (Å²) in [5.41, 5.74) is 5.88. The fraction of sp³-hybridized carbons (Fsp3) is 0.462. The molecule has 24 heavy (non-hydrogen) atoms. The topological polar surface area (TPSA) is 129 Å². The molecule has 1 unspecified atom stereocenters. The van der Waals surface area contributed by atoms with Crippen molar-refractivity contribution in [2.24, 2.45) is 0 Å². The molecule has 2 rings (SSSR count). The van der Waals surface area contributed by atoms with E-state index in [2.05, 4.69) is 41.2 Å². The number of aliphatic hydroxyl groups is 3. The predicted molar refractivity (Wildman–Crippen MR) is 86.3 cm³/mol. The van der Waals surface area contributed by atoms with Gasteiger partial charge in [-0.15, -0.1) is 0 Å². The van der Waals surface area contributed by atoms with E-state index in [1.54, 1.807) is 0 Å². The third-order valence-electron chi connectivity index (χ3n) is 3.23. The molecule has 1 aliphatic heterocycles. The summed E-state index contributed by atoms with van der Waals surface area (Å²) in [6.07, 6.45) is -6.83. The first-order chi connectivity index (χ1) is 11.5. The Morgan fingerprint density at radius 3 is 2.46 bits per heavy atom. The van der Waals surface area contributed by atoms with Crippen LogP contribution in [0.2, 0.25) is 0 Å². The number of hydrogen-bond donors (Lipinski definition) is 6. The van der Waals surface area contributed by atoms with Crippen molar-refractivity contribution in [2.45, 2.75) is 30.6 Å². The first-order valence-corrected chi connectivity index (χ1v) is 8.65. The summed E-state index contributed by atoms with van der Waals surface area (Å²) in [5, 5.41) is 43.2. The molecule has 0 aromatic heterocycles. The van der Waals surface area contributed by atoms with Crippen LogP contribution in [-0.4, -0.2) is 57.7 Å². The van der Waals surface area contributed by atoms with Crippen LogP contribution in [0.15, 0.2) is 30.3 Å². The third-order valence-corrected chi connectivity index (χ3v) is 3.43. The van der Waals surface area contributed by atoms with Crippen molar-refractivity contribution in [1.29, 1.82) is 0 Å². The molecule has 6 N–H and O–H groups in total. The van der Waals surface area contributed by atoms with Gasteiger partial charge in [0, 0.05) is 5.69 Å². The third kappa shape index (κ3) is 6.08. The fourth-order valence-electron chi connectivity index (χ4n) is 2.03. The minimum absolute atomic E-state index is 0.197. The van der Waals surface area contributed by atoms with Crippen LogP contribution in [0.3, 0.4) is 0 Å². The van der Waals surface area contributed by atoms with E-state index in [1.807, 2.05) is 30.3 Å². The minimum atomic E-state index is -1.63. The number of hydrogen-bond acceptors (Lipinski definition) is 7. The first-order valence-electron chi connectivity index (χ1n) is 6.81. The van der Waals surface area contributed by atoms with Gasteiger partial charge in [-0.2, -0.15) is 0 Å². The Hall–Kier alpha value is -0.534. The van der Waals surface area contributed by atoms with Gasteiger partial charge in [0.05, 0.1) is 12.7 Å². The second-order valence-electron chi connectivity index (χ2n) is 4.81. The van der Waals surface area contributed by atoms with Crippen LogP contribution < -0.4 is 21.3 Å². The van der Waals surface area contributed by atoms with Crippen molar-refractivity contribution in [3.8, 4) is 0 Å². The molecule has 11 heteroatoms. The summed E-state index contributed by atoms with van der Waals surface area (Å²) >= 11 is 8.08. The Morgan fingerprint density at radius 2 is 1.88 bits per heavy atom. The van der Waals surface area contributed by atoms with Gasteiger partial charge in [-0.1, -0.05) is 24.3 Å². The van der Waals surface area contributed by atoms with Gasteiger partial charge in [-0.05, 0) is 24.4 Å². The Balaban J connectivity index is 0.00000139. The molecule has 1 aliphatic rings. The molecule has 0 bridgehead atoms. The van der Waals surface area contributed by atoms with Gasteiger partial charge in [0.2, 0.25) is 0 Å². The van der Waals surface area contributed by atoms with Crippen molar-refractivity contribution < 1.29 is 40.0 Å². The van der Waals surface area contributed by atoms with Crippen LogP contribution in [0.5, 0.6) is 0 Å². The minimum Gasteiger partial charge on any atom is -0.847 e. The Bertz CT molecular complexity index is 502. The van der Waals surface area contributed by atoms with Crippen LogP contribution in [0.1, 0.15) is 0 Å². The molecule has 0 spiro atoms. The number of nitrogens with one attached hydrogen (secondary N) is 3. The molecule has 5 atom stereocenters. The van der Waals surface area contributed by atoms with Crippen LogP contribution >= 0.6 is 22.4 Å². The second-order valence-corrected chi connectivity index (χ2v) is 5.22. The Kier molecular flexibility index (Phi) is 10.00. The number of hydrazine groups is 1. The molecule has 1 saturated heterocycles. The van der Waals surface area contributed by atoms with Gasteiger partial charge in [0.1, 0.15) is 18.4 Å². The summed E-state index contributed by atoms with van der Waals surface area (Å²) < 4.78 is 5.20. The summed E-state index contributed by atoms with van der Waals surface area (Å²) in [7, 11) is 4.33. The van der Waals surface area contributed by atoms with E-state index in [0.717, 1.165) is 5.69 Å². The number of thiocarbonyl (C=S) groups is 1. The van der Waals surface area contributed by atoms with E-state index in [4.69, 9.17) is 22.1 Å². The average Bonchev–Trinajstić information content (AvgIpc) is 2.62. The maximum atomic E-state index is 11.9. The predicted octanol–water partition coefficient (Wildman–Crippen LogP) is -1.67. The van der Waals surface area contributed by atoms with Crippen molar-refractivity contribution in [1.82, 2.24) is 10.9 Å². The molecule has 1 aromatic rings. The number of benzene rings is 1. The van der Waals surface area contributed by atoms with Crippen molar-refractivity contribution in [3.05, 3.63) is 30.3 Å². The van der Waals surface area contributed by atoms with Gasteiger partial charge in [-0.3, -0.25) is 5.43 Å². The zero-order valence-electron chi connectivity index (χ0n) is 12.3. The summed E-state index contributed by atoms with van der Waals surface area (Å²) in [6, 6.07) is 9.14. The quantitative estimate of drug-likeness (QED) is 0.249. The Labute approximate surface area is 157 Å². The van der Waals surface area contributed by atoms with E-state index in [-0.39, 0.29) is 5.11 Å². The number of aliphatic hydroxyl groups excluding tert-OH is 3. The van der Waals surface area contributed by atoms with Gasteiger partial charge in [0.25, 0.3) is 0 Å². The van der Waals surface area contributed by atoms with Crippen LogP contribution in [0.4, 0.5) is 5.69 Å². The second kappa shape index (κ2) is 11.2. The SMILES string of the molecule is [Cl][Co+].[O-][C@H]1C(NNC(=S)Nc2ccccc2)O[C@H](CO)[C@@H](O)[C@@H]1O. The van der Waals surface area contributed by atoms with E-state index in [1.165, 1.54) is 0 Å². The molecule has 8 nitrogen and oxygen atoms in total. The molecular formula is C13H18ClCoN3O5S. The van der Waals surface area contributed by atoms with Crippen molar-refractivity contribution in [3.63, 3.8) is 0 Å². The zero-order chi connectivity index (χ0) is 18.1. The number of para-hydroxylation sites is 1. The smallest absolute Gasteiger partial charge is 0.185 e. The maximum Gasteiger partial charge on any atom is 0.185 e. The number of ether oxygens (including phenoxy) is 1. The van der Waals surface area contributed by atoms with E-state index in [9.17, 15) is 15.3 Å². The van der Waals surface area contributed by atoms with Gasteiger partial charge >= 0.3 is 25.0 Å². The summed E-state index contributed by atoms with van der Waals surface area (Å²) in [4.78, 5) is 0. The Morgan fingerprint density at radius 1 is 1.25 bits per heavy atom. The largest absolute Gasteiger partial charge is 0.847 e. The molecule has 0 aliphatic carbocycles. The van der Waals surface area contributed by atoms with Crippen LogP contribution in [0, 0.1) is 0 Å². The summed E-state index contributed by atoms with van der Waals surface area (Å²) in [6.45, 7) is -0.518. The number of rotatable bonds is 4. The van der Waals surface area contributed by atoms with Crippen molar-refractivity contribution >= 4 is 33.2 Å². The molecule has 137 valence electrons. The summed E-state index contributed by atoms with van der Waals surface area (Å²) in [5.74, 6) is 0. The fourth-order valence-corrected chi connectivity index (χ4v) is 2.20. The zero-order valence-corrected chi connectivity index (χ0v) is 14.9. The molecule has 1 heterocycles. The van der Waals surface area contributed by atoms with Crippen molar-refractivity contribution in [2.75, 3.05) is 11.9 Å². The maximum absolute atomic E-state index is 11.9. The van der Waals surface area contributed by atoms with Gasteiger partial charge in [0.15, 0.2) is 5.11 Å². The molecule has 0 amide bonds. The number of anilines is 1. The normalized spacial score (nSPS) is 29.2. The van der Waals surface area contributed by atoms with Crippen LogP contribution in [-0.2, 0) is 19.6 Å². The van der Waals surface area contributed by atoms with Crippen LogP contribution in [0.25, 0.3) is 0 Å². The van der Waals surface area contributed by atoms with E-state index in [0.29, 0.717) is 0 Å². The average molecular weight is 423 g/mol. The van der Waals surface area contributed by atoms with Gasteiger partial charge in [-0.25, -0.2) is 5.43 Å². The first kappa shape index (κ1) is 21.5. The molecular weight excluding hydrogens is 405 g/mol. The van der Waals surface area contributed by atoms with Gasteiger partial charge < -0.3 is 30.5 Å². The number of halogens is 1. The van der Waals surface area contributed by atoms with E-state index >= 15 is 0 Å². The molecule has 1 fully saturated rings. The molecule has 1 aromatic carbocycles. The monoisotopic (exact) mass is 422 g/mol.